The second-order valence-corrected chi connectivity index (χ2v) is 5.02. The molecule has 1 aromatic heterocycles. The molecule has 4 heteroatoms. The van der Waals surface area contributed by atoms with Crippen molar-refractivity contribution in [3.63, 3.8) is 0 Å². The van der Waals surface area contributed by atoms with E-state index in [4.69, 9.17) is 10.5 Å². The van der Waals surface area contributed by atoms with Gasteiger partial charge in [-0.2, -0.15) is 0 Å². The van der Waals surface area contributed by atoms with E-state index in [1.807, 2.05) is 42.5 Å². The Bertz CT molecular complexity index is 645. The summed E-state index contributed by atoms with van der Waals surface area (Å²) < 4.78 is 6.85. The van der Waals surface area contributed by atoms with E-state index in [1.54, 1.807) is 11.3 Å². The predicted molar refractivity (Wildman–Crippen MR) is 74.8 cm³/mol. The zero-order chi connectivity index (χ0) is 12.4. The van der Waals surface area contributed by atoms with E-state index in [1.165, 1.54) is 4.70 Å². The van der Waals surface area contributed by atoms with E-state index in [2.05, 4.69) is 11.1 Å². The Morgan fingerprint density at radius 1 is 1.06 bits per heavy atom. The van der Waals surface area contributed by atoms with Crippen molar-refractivity contribution in [2.24, 2.45) is 0 Å². The van der Waals surface area contributed by atoms with Crippen LogP contribution in [0.2, 0.25) is 0 Å². The maximum atomic E-state index is 5.82. The molecule has 3 aromatic rings. The van der Waals surface area contributed by atoms with Gasteiger partial charge in [-0.3, -0.25) is 0 Å². The minimum atomic E-state index is 0.452. The van der Waals surface area contributed by atoms with Gasteiger partial charge in [-0.05, 0) is 24.3 Å². The van der Waals surface area contributed by atoms with E-state index >= 15 is 0 Å². The number of hydrogen-bond acceptors (Lipinski definition) is 4. The lowest BCUT2D eigenvalue weighted by Crippen LogP contribution is -1.97. The van der Waals surface area contributed by atoms with Gasteiger partial charge in [-0.25, -0.2) is 4.98 Å². The smallest absolute Gasteiger partial charge is 0.142 e. The van der Waals surface area contributed by atoms with Crippen molar-refractivity contribution < 1.29 is 4.74 Å². The molecule has 2 aromatic carbocycles. The topological polar surface area (TPSA) is 48.1 Å². The van der Waals surface area contributed by atoms with Gasteiger partial charge in [0.15, 0.2) is 0 Å². The normalized spacial score (nSPS) is 10.7. The number of anilines is 1. The van der Waals surface area contributed by atoms with Crippen molar-refractivity contribution in [2.45, 2.75) is 6.61 Å². The Morgan fingerprint density at radius 3 is 2.67 bits per heavy atom. The summed E-state index contributed by atoms with van der Waals surface area (Å²) >= 11 is 1.65. The molecule has 0 unspecified atom stereocenters. The van der Waals surface area contributed by atoms with Crippen LogP contribution < -0.4 is 10.5 Å². The summed E-state index contributed by atoms with van der Waals surface area (Å²) in [4.78, 5) is 4.51. The third kappa shape index (κ3) is 2.15. The number of benzene rings is 2. The second kappa shape index (κ2) is 4.66. The number of nitrogens with two attached hydrogens (primary N) is 1. The van der Waals surface area contributed by atoms with Crippen molar-refractivity contribution in [2.75, 3.05) is 5.73 Å². The Morgan fingerprint density at radius 2 is 1.83 bits per heavy atom. The van der Waals surface area contributed by atoms with E-state index in [0.29, 0.717) is 18.0 Å². The molecule has 0 saturated carbocycles. The molecule has 0 amide bonds. The average molecular weight is 256 g/mol. The molecular weight excluding hydrogens is 244 g/mol. The van der Waals surface area contributed by atoms with Gasteiger partial charge in [0, 0.05) is 0 Å². The molecule has 90 valence electrons. The molecule has 3 nitrogen and oxygen atoms in total. The van der Waals surface area contributed by atoms with Gasteiger partial charge in [0.2, 0.25) is 0 Å². The van der Waals surface area contributed by atoms with Gasteiger partial charge in [-0.1, -0.05) is 24.3 Å². The van der Waals surface area contributed by atoms with Crippen LogP contribution in [0.15, 0.2) is 48.5 Å². The zero-order valence-electron chi connectivity index (χ0n) is 9.67. The van der Waals surface area contributed by atoms with Crippen LogP contribution in [-0.2, 0) is 6.61 Å². The van der Waals surface area contributed by atoms with Gasteiger partial charge < -0.3 is 10.5 Å². The number of hydrogen-bond donors (Lipinski definition) is 1. The first-order chi connectivity index (χ1) is 8.83. The maximum Gasteiger partial charge on any atom is 0.142 e. The number of aromatic nitrogens is 1. The summed E-state index contributed by atoms with van der Waals surface area (Å²) in [6, 6.07) is 15.6. The van der Waals surface area contributed by atoms with Gasteiger partial charge >= 0.3 is 0 Å². The highest BCUT2D eigenvalue weighted by molar-refractivity contribution is 7.18. The molecule has 0 bridgehead atoms. The summed E-state index contributed by atoms with van der Waals surface area (Å²) in [5.41, 5.74) is 7.49. The van der Waals surface area contributed by atoms with E-state index in [9.17, 15) is 0 Å². The number of thiazole rings is 1. The van der Waals surface area contributed by atoms with Gasteiger partial charge in [-0.15, -0.1) is 11.3 Å². The summed E-state index contributed by atoms with van der Waals surface area (Å²) in [6.07, 6.45) is 0. The summed E-state index contributed by atoms with van der Waals surface area (Å²) in [6.45, 7) is 0.452. The van der Waals surface area contributed by atoms with Gasteiger partial charge in [0.05, 0.1) is 15.9 Å². The fraction of sp³-hybridized carbons (Fsp3) is 0.0714. The van der Waals surface area contributed by atoms with Gasteiger partial charge in [0.25, 0.3) is 0 Å². The first-order valence-electron chi connectivity index (χ1n) is 5.65. The quantitative estimate of drug-likeness (QED) is 0.730. The lowest BCUT2D eigenvalue weighted by Gasteiger charge is -2.06. The number of rotatable bonds is 3. The lowest BCUT2D eigenvalue weighted by molar-refractivity contribution is 0.307. The molecular formula is C14H12N2OS. The number of nitrogens with zero attached hydrogens (tertiary/aromatic N) is 1. The minimum Gasteiger partial charge on any atom is -0.484 e. The van der Waals surface area contributed by atoms with Crippen LogP contribution in [0, 0.1) is 0 Å². The molecule has 0 spiro atoms. The molecule has 18 heavy (non-hydrogen) atoms. The molecule has 0 fully saturated rings. The first-order valence-corrected chi connectivity index (χ1v) is 6.46. The largest absolute Gasteiger partial charge is 0.484 e. The highest BCUT2D eigenvalue weighted by Gasteiger charge is 2.05. The Kier molecular flexibility index (Phi) is 2.86. The van der Waals surface area contributed by atoms with E-state index in [0.717, 1.165) is 10.5 Å². The average Bonchev–Trinajstić information content (AvgIpc) is 2.80. The maximum absolute atomic E-state index is 5.82. The van der Waals surface area contributed by atoms with E-state index in [-0.39, 0.29) is 0 Å². The standard InChI is InChI=1S/C14H12N2OS/c15-10-5-1-3-7-12(10)17-9-14-16-11-6-2-4-8-13(11)18-14/h1-8H,9,15H2. The monoisotopic (exact) mass is 256 g/mol. The molecule has 0 aliphatic heterocycles. The first kappa shape index (κ1) is 11.0. The van der Waals surface area contributed by atoms with Crippen LogP contribution in [0.1, 0.15) is 5.01 Å². The number of nitrogen functional groups attached to an aromatic ring is 1. The zero-order valence-corrected chi connectivity index (χ0v) is 10.5. The van der Waals surface area contributed by atoms with Crippen LogP contribution >= 0.6 is 11.3 Å². The summed E-state index contributed by atoms with van der Waals surface area (Å²) in [5, 5.41) is 0.958. The van der Waals surface area contributed by atoms with Crippen molar-refractivity contribution in [3.8, 4) is 5.75 Å². The van der Waals surface area contributed by atoms with Crippen LogP contribution in [0.25, 0.3) is 10.2 Å². The van der Waals surface area contributed by atoms with Crippen molar-refractivity contribution in [3.05, 3.63) is 53.5 Å². The Balaban J connectivity index is 1.79. The van der Waals surface area contributed by atoms with Crippen molar-refractivity contribution in [1.82, 2.24) is 4.98 Å². The fourth-order valence-corrected chi connectivity index (χ4v) is 2.61. The fourth-order valence-electron chi connectivity index (χ4n) is 1.73. The third-order valence-corrected chi connectivity index (χ3v) is 3.62. The van der Waals surface area contributed by atoms with E-state index < -0.39 is 0 Å². The van der Waals surface area contributed by atoms with Crippen LogP contribution in [-0.4, -0.2) is 4.98 Å². The van der Waals surface area contributed by atoms with Crippen molar-refractivity contribution >= 4 is 27.2 Å². The minimum absolute atomic E-state index is 0.452. The molecule has 0 atom stereocenters. The number of ether oxygens (including phenoxy) is 1. The van der Waals surface area contributed by atoms with Crippen molar-refractivity contribution in [1.29, 1.82) is 0 Å². The number of fused-ring (bicyclic) bond motifs is 1. The van der Waals surface area contributed by atoms with Crippen LogP contribution in [0.3, 0.4) is 0 Å². The van der Waals surface area contributed by atoms with Crippen LogP contribution in [0.5, 0.6) is 5.75 Å². The predicted octanol–water partition coefficient (Wildman–Crippen LogP) is 3.46. The Hall–Kier alpha value is -2.07. The molecule has 0 aliphatic rings. The van der Waals surface area contributed by atoms with Gasteiger partial charge in [0.1, 0.15) is 17.4 Å². The third-order valence-electron chi connectivity index (χ3n) is 2.61. The molecule has 0 saturated heterocycles. The highest BCUT2D eigenvalue weighted by atomic mass is 32.1. The molecule has 0 radical (unpaired) electrons. The summed E-state index contributed by atoms with van der Waals surface area (Å²) in [5.74, 6) is 0.705. The molecule has 2 N–H and O–H groups in total. The molecule has 0 aliphatic carbocycles. The number of para-hydroxylation sites is 3. The highest BCUT2D eigenvalue weighted by Crippen LogP contribution is 2.25. The molecule has 3 rings (SSSR count). The Labute approximate surface area is 109 Å². The van der Waals surface area contributed by atoms with Crippen LogP contribution in [0.4, 0.5) is 5.69 Å². The second-order valence-electron chi connectivity index (χ2n) is 3.90. The molecule has 1 heterocycles. The summed E-state index contributed by atoms with van der Waals surface area (Å²) in [7, 11) is 0. The SMILES string of the molecule is Nc1ccccc1OCc1nc2ccccc2s1. The lowest BCUT2D eigenvalue weighted by atomic mass is 10.3.